The standard InChI is InChI=1S/C22H23NO5/c1-3-4-11-27-22(25)15-5-7-17(8-6-15)23-21(24)12-16-14-28-20-10-9-18(26-2)13-19(16)20/h5-10,13-14H,3-4,11-12H2,1-2H3,(H,23,24). The lowest BCUT2D eigenvalue weighted by Crippen LogP contribution is -2.14. The van der Waals surface area contributed by atoms with Crippen molar-refractivity contribution in [2.24, 2.45) is 0 Å². The van der Waals surface area contributed by atoms with Gasteiger partial charge < -0.3 is 19.2 Å². The van der Waals surface area contributed by atoms with Crippen molar-refractivity contribution < 1.29 is 23.5 Å². The maximum atomic E-state index is 12.4. The van der Waals surface area contributed by atoms with E-state index in [0.717, 1.165) is 23.8 Å². The van der Waals surface area contributed by atoms with Crippen molar-refractivity contribution >= 4 is 28.5 Å². The highest BCUT2D eigenvalue weighted by molar-refractivity contribution is 5.96. The van der Waals surface area contributed by atoms with Gasteiger partial charge in [-0.25, -0.2) is 4.79 Å². The van der Waals surface area contributed by atoms with E-state index in [4.69, 9.17) is 13.9 Å². The van der Waals surface area contributed by atoms with Gasteiger partial charge in [0.05, 0.1) is 32.0 Å². The molecule has 146 valence electrons. The highest BCUT2D eigenvalue weighted by Crippen LogP contribution is 2.26. The van der Waals surface area contributed by atoms with Crippen LogP contribution in [0.5, 0.6) is 5.75 Å². The molecule has 0 radical (unpaired) electrons. The van der Waals surface area contributed by atoms with Crippen LogP contribution in [-0.4, -0.2) is 25.6 Å². The number of ether oxygens (including phenoxy) is 2. The lowest BCUT2D eigenvalue weighted by atomic mass is 10.1. The van der Waals surface area contributed by atoms with Gasteiger partial charge in [0.15, 0.2) is 0 Å². The van der Waals surface area contributed by atoms with Gasteiger partial charge in [-0.1, -0.05) is 13.3 Å². The summed E-state index contributed by atoms with van der Waals surface area (Å²) in [7, 11) is 1.59. The van der Waals surface area contributed by atoms with Crippen LogP contribution in [0.15, 0.2) is 53.1 Å². The fourth-order valence-corrected chi connectivity index (χ4v) is 2.79. The van der Waals surface area contributed by atoms with Crippen molar-refractivity contribution in [3.05, 3.63) is 59.9 Å². The molecule has 0 fully saturated rings. The molecule has 0 saturated carbocycles. The number of benzene rings is 2. The smallest absolute Gasteiger partial charge is 0.338 e. The molecule has 0 aliphatic carbocycles. The van der Waals surface area contributed by atoms with Gasteiger partial charge in [0.25, 0.3) is 0 Å². The fraction of sp³-hybridized carbons (Fsp3) is 0.273. The average molecular weight is 381 g/mol. The predicted octanol–water partition coefficient (Wildman–Crippen LogP) is 4.58. The summed E-state index contributed by atoms with van der Waals surface area (Å²) in [5, 5.41) is 3.67. The molecule has 0 aliphatic heterocycles. The molecule has 1 aromatic heterocycles. The number of rotatable bonds is 8. The zero-order valence-corrected chi connectivity index (χ0v) is 16.0. The molecule has 28 heavy (non-hydrogen) atoms. The first kappa shape index (κ1) is 19.5. The van der Waals surface area contributed by atoms with Crippen LogP contribution in [0.25, 0.3) is 11.0 Å². The number of furan rings is 1. The molecule has 2 aromatic carbocycles. The van der Waals surface area contributed by atoms with Crippen LogP contribution in [-0.2, 0) is 16.0 Å². The highest BCUT2D eigenvalue weighted by atomic mass is 16.5. The van der Waals surface area contributed by atoms with Gasteiger partial charge in [-0.05, 0) is 48.9 Å². The first-order chi connectivity index (χ1) is 13.6. The lowest BCUT2D eigenvalue weighted by molar-refractivity contribution is -0.115. The van der Waals surface area contributed by atoms with Crippen molar-refractivity contribution in [3.63, 3.8) is 0 Å². The third kappa shape index (κ3) is 4.71. The number of amides is 1. The topological polar surface area (TPSA) is 77.8 Å². The predicted molar refractivity (Wildman–Crippen MR) is 107 cm³/mol. The molecule has 3 rings (SSSR count). The van der Waals surface area contributed by atoms with E-state index >= 15 is 0 Å². The Hall–Kier alpha value is -3.28. The molecule has 0 bridgehead atoms. The van der Waals surface area contributed by atoms with E-state index in [1.807, 2.05) is 25.1 Å². The van der Waals surface area contributed by atoms with Crippen molar-refractivity contribution in [1.29, 1.82) is 0 Å². The van der Waals surface area contributed by atoms with Crippen LogP contribution in [0.4, 0.5) is 5.69 Å². The number of methoxy groups -OCH3 is 1. The van der Waals surface area contributed by atoms with Gasteiger partial charge in [0, 0.05) is 16.6 Å². The quantitative estimate of drug-likeness (QED) is 0.456. The van der Waals surface area contributed by atoms with Crippen LogP contribution in [0.3, 0.4) is 0 Å². The molecular weight excluding hydrogens is 358 g/mol. The summed E-state index contributed by atoms with van der Waals surface area (Å²) in [4.78, 5) is 24.3. The number of unbranched alkanes of at least 4 members (excludes halogenated alkanes) is 1. The van der Waals surface area contributed by atoms with Gasteiger partial charge in [-0.3, -0.25) is 4.79 Å². The van der Waals surface area contributed by atoms with Crippen molar-refractivity contribution in [3.8, 4) is 5.75 Å². The summed E-state index contributed by atoms with van der Waals surface area (Å²) in [5.74, 6) is 0.172. The molecular formula is C22H23NO5. The number of carbonyl (C=O) groups excluding carboxylic acids is 2. The van der Waals surface area contributed by atoms with Gasteiger partial charge >= 0.3 is 5.97 Å². The molecule has 1 heterocycles. The van der Waals surface area contributed by atoms with E-state index in [1.165, 1.54) is 0 Å². The van der Waals surface area contributed by atoms with Gasteiger partial charge in [0.1, 0.15) is 11.3 Å². The molecule has 0 atom stereocenters. The number of hydrogen-bond donors (Lipinski definition) is 1. The van der Waals surface area contributed by atoms with E-state index in [0.29, 0.717) is 29.2 Å². The fourth-order valence-electron chi connectivity index (χ4n) is 2.79. The Bertz CT molecular complexity index is 959. The normalized spacial score (nSPS) is 10.6. The van der Waals surface area contributed by atoms with Crippen molar-refractivity contribution in [2.45, 2.75) is 26.2 Å². The van der Waals surface area contributed by atoms with E-state index in [-0.39, 0.29) is 18.3 Å². The SMILES string of the molecule is CCCCOC(=O)c1ccc(NC(=O)Cc2coc3ccc(OC)cc23)cc1. The van der Waals surface area contributed by atoms with Crippen LogP contribution in [0, 0.1) is 0 Å². The second kappa shape index (κ2) is 9.08. The van der Waals surface area contributed by atoms with E-state index in [2.05, 4.69) is 5.32 Å². The number of carbonyl (C=O) groups is 2. The summed E-state index contributed by atoms with van der Waals surface area (Å²) < 4.78 is 15.9. The minimum absolute atomic E-state index is 0.168. The third-order valence-electron chi connectivity index (χ3n) is 4.35. The number of anilines is 1. The Labute approximate surface area is 163 Å². The molecule has 0 saturated heterocycles. The summed E-state index contributed by atoms with van der Waals surface area (Å²) in [6.07, 6.45) is 3.56. The zero-order valence-electron chi connectivity index (χ0n) is 16.0. The molecule has 0 aliphatic rings. The van der Waals surface area contributed by atoms with Crippen LogP contribution >= 0.6 is 0 Å². The second-order valence-corrected chi connectivity index (χ2v) is 6.41. The summed E-state index contributed by atoms with van der Waals surface area (Å²) in [5.41, 5.74) is 2.56. The summed E-state index contributed by atoms with van der Waals surface area (Å²) in [6.45, 7) is 2.45. The van der Waals surface area contributed by atoms with Crippen LogP contribution < -0.4 is 10.1 Å². The Balaban J connectivity index is 1.61. The first-order valence-corrected chi connectivity index (χ1v) is 9.22. The highest BCUT2D eigenvalue weighted by Gasteiger charge is 2.12. The number of fused-ring (bicyclic) bond motifs is 1. The number of esters is 1. The monoisotopic (exact) mass is 381 g/mol. The molecule has 6 heteroatoms. The van der Waals surface area contributed by atoms with Crippen molar-refractivity contribution in [2.75, 3.05) is 19.0 Å². The Morgan fingerprint density at radius 1 is 1.11 bits per heavy atom. The van der Waals surface area contributed by atoms with Gasteiger partial charge in [0.2, 0.25) is 5.91 Å². The lowest BCUT2D eigenvalue weighted by Gasteiger charge is -2.07. The molecule has 1 N–H and O–H groups in total. The maximum absolute atomic E-state index is 12.4. The summed E-state index contributed by atoms with van der Waals surface area (Å²) in [6, 6.07) is 12.1. The average Bonchev–Trinajstić information content (AvgIpc) is 3.10. The Kier molecular flexibility index (Phi) is 6.32. The maximum Gasteiger partial charge on any atom is 0.338 e. The molecule has 1 amide bonds. The number of hydrogen-bond acceptors (Lipinski definition) is 5. The molecule has 0 unspecified atom stereocenters. The third-order valence-corrected chi connectivity index (χ3v) is 4.35. The minimum Gasteiger partial charge on any atom is -0.497 e. The second-order valence-electron chi connectivity index (χ2n) is 6.41. The van der Waals surface area contributed by atoms with Crippen molar-refractivity contribution in [1.82, 2.24) is 0 Å². The van der Waals surface area contributed by atoms with E-state index in [9.17, 15) is 9.59 Å². The first-order valence-electron chi connectivity index (χ1n) is 9.22. The number of nitrogens with one attached hydrogen (secondary N) is 1. The van der Waals surface area contributed by atoms with Gasteiger partial charge in [-0.2, -0.15) is 0 Å². The van der Waals surface area contributed by atoms with Crippen LogP contribution in [0.1, 0.15) is 35.7 Å². The Morgan fingerprint density at radius 3 is 2.61 bits per heavy atom. The largest absolute Gasteiger partial charge is 0.497 e. The van der Waals surface area contributed by atoms with Gasteiger partial charge in [-0.15, -0.1) is 0 Å². The molecule has 6 nitrogen and oxygen atoms in total. The van der Waals surface area contributed by atoms with E-state index in [1.54, 1.807) is 37.6 Å². The summed E-state index contributed by atoms with van der Waals surface area (Å²) >= 11 is 0. The Morgan fingerprint density at radius 2 is 1.89 bits per heavy atom. The van der Waals surface area contributed by atoms with E-state index < -0.39 is 0 Å². The minimum atomic E-state index is -0.356. The van der Waals surface area contributed by atoms with Crippen LogP contribution in [0.2, 0.25) is 0 Å². The zero-order chi connectivity index (χ0) is 19.9. The molecule has 0 spiro atoms. The molecule has 3 aromatic rings.